The van der Waals surface area contributed by atoms with E-state index < -0.39 is 5.91 Å². The Kier molecular flexibility index (Phi) is 8.54. The number of ketones is 1. The number of amides is 1. The van der Waals surface area contributed by atoms with Gasteiger partial charge in [0.05, 0.1) is 18.7 Å². The zero-order valence-electron chi connectivity index (χ0n) is 18.2. The van der Waals surface area contributed by atoms with Gasteiger partial charge in [-0.05, 0) is 29.3 Å². The lowest BCUT2D eigenvalue weighted by molar-refractivity contribution is 0.0920. The highest BCUT2D eigenvalue weighted by Crippen LogP contribution is 2.21. The molecule has 6 nitrogen and oxygen atoms in total. The number of nitrogens with zero attached hydrogens (tertiary/aromatic N) is 1. The first kappa shape index (κ1) is 23.2. The van der Waals surface area contributed by atoms with Crippen molar-refractivity contribution in [1.82, 2.24) is 4.90 Å². The quantitative estimate of drug-likeness (QED) is 0.349. The van der Waals surface area contributed by atoms with E-state index in [9.17, 15) is 9.59 Å². The summed E-state index contributed by atoms with van der Waals surface area (Å²) in [6.45, 7) is 2.12. The van der Waals surface area contributed by atoms with Gasteiger partial charge in [-0.3, -0.25) is 14.5 Å². The third-order valence-corrected chi connectivity index (χ3v) is 4.98. The van der Waals surface area contributed by atoms with Crippen LogP contribution in [0.15, 0.2) is 78.9 Å². The first-order chi connectivity index (χ1) is 15.6. The van der Waals surface area contributed by atoms with Gasteiger partial charge < -0.3 is 15.2 Å². The summed E-state index contributed by atoms with van der Waals surface area (Å²) in [6, 6.07) is 24.8. The van der Waals surface area contributed by atoms with Crippen LogP contribution in [0.3, 0.4) is 0 Å². The first-order valence-corrected chi connectivity index (χ1v) is 10.5. The van der Waals surface area contributed by atoms with Crippen molar-refractivity contribution in [3.63, 3.8) is 0 Å². The minimum atomic E-state index is -0.641. The summed E-state index contributed by atoms with van der Waals surface area (Å²) in [5.41, 5.74) is 8.37. The fourth-order valence-corrected chi connectivity index (χ4v) is 3.40. The molecule has 6 heteroatoms. The number of ether oxygens (including phenoxy) is 2. The molecule has 0 saturated carbocycles. The summed E-state index contributed by atoms with van der Waals surface area (Å²) in [5.74, 6) is -0.392. The molecular weight excluding hydrogens is 404 g/mol. The standard InChI is InChI=1S/C26H28N2O4/c1-31-14-15-32-25-13-12-22(16-23(25)26(27)30)24(29)19-28(17-20-8-4-2-5-9-20)18-21-10-6-3-7-11-21/h2-13,16H,14-15,17-19H2,1H3,(H2,27,30). The minimum absolute atomic E-state index is 0.0946. The zero-order valence-corrected chi connectivity index (χ0v) is 18.2. The van der Waals surface area contributed by atoms with Crippen molar-refractivity contribution >= 4 is 11.7 Å². The van der Waals surface area contributed by atoms with E-state index in [4.69, 9.17) is 15.2 Å². The van der Waals surface area contributed by atoms with Gasteiger partial charge in [-0.1, -0.05) is 60.7 Å². The molecule has 3 aromatic carbocycles. The molecule has 0 saturated heterocycles. The number of methoxy groups -OCH3 is 1. The maximum Gasteiger partial charge on any atom is 0.252 e. The second kappa shape index (κ2) is 11.8. The monoisotopic (exact) mass is 432 g/mol. The van der Waals surface area contributed by atoms with Gasteiger partial charge in [0.25, 0.3) is 5.91 Å². The van der Waals surface area contributed by atoms with E-state index in [1.807, 2.05) is 60.7 Å². The highest BCUT2D eigenvalue weighted by molar-refractivity contribution is 6.02. The van der Waals surface area contributed by atoms with Crippen LogP contribution in [0.5, 0.6) is 5.75 Å². The Morgan fingerprint density at radius 2 is 1.44 bits per heavy atom. The molecule has 2 N–H and O–H groups in total. The SMILES string of the molecule is COCCOc1ccc(C(=O)CN(Cc2ccccc2)Cc2ccccc2)cc1C(N)=O. The molecule has 0 heterocycles. The Bertz CT molecular complexity index is 981. The van der Waals surface area contributed by atoms with Crippen LogP contribution in [0.25, 0.3) is 0 Å². The maximum absolute atomic E-state index is 13.1. The molecular formula is C26H28N2O4. The number of carbonyl (C=O) groups is 2. The summed E-state index contributed by atoms with van der Waals surface area (Å²) < 4.78 is 10.5. The Hall–Kier alpha value is -3.48. The third kappa shape index (κ3) is 6.77. The Balaban J connectivity index is 1.78. The van der Waals surface area contributed by atoms with Crippen molar-refractivity contribution in [3.8, 4) is 5.75 Å². The molecule has 0 bridgehead atoms. The molecule has 0 aliphatic rings. The second-order valence-corrected chi connectivity index (χ2v) is 7.46. The zero-order chi connectivity index (χ0) is 22.8. The third-order valence-electron chi connectivity index (χ3n) is 4.98. The Labute approximate surface area is 188 Å². The van der Waals surface area contributed by atoms with Crippen LogP contribution < -0.4 is 10.5 Å². The highest BCUT2D eigenvalue weighted by atomic mass is 16.5. The first-order valence-electron chi connectivity index (χ1n) is 10.5. The van der Waals surface area contributed by atoms with Crippen LogP contribution in [0, 0.1) is 0 Å². The van der Waals surface area contributed by atoms with Gasteiger partial charge in [0.1, 0.15) is 12.4 Å². The highest BCUT2D eigenvalue weighted by Gasteiger charge is 2.18. The number of hydrogen-bond acceptors (Lipinski definition) is 5. The van der Waals surface area contributed by atoms with Gasteiger partial charge in [0, 0.05) is 25.8 Å². The molecule has 0 unspecified atom stereocenters. The molecule has 0 spiro atoms. The summed E-state index contributed by atoms with van der Waals surface area (Å²) >= 11 is 0. The number of carbonyl (C=O) groups excluding carboxylic acids is 2. The summed E-state index contributed by atoms with van der Waals surface area (Å²) in [5, 5.41) is 0. The minimum Gasteiger partial charge on any atom is -0.490 e. The number of Topliss-reactive ketones (excluding diaryl/α,β-unsaturated/α-hetero) is 1. The van der Waals surface area contributed by atoms with Crippen molar-refractivity contribution in [2.45, 2.75) is 13.1 Å². The number of rotatable bonds is 12. The van der Waals surface area contributed by atoms with Crippen molar-refractivity contribution in [3.05, 3.63) is 101 Å². The molecule has 1 amide bonds. The summed E-state index contributed by atoms with van der Waals surface area (Å²) in [4.78, 5) is 27.1. The van der Waals surface area contributed by atoms with Crippen LogP contribution in [-0.2, 0) is 17.8 Å². The fourth-order valence-electron chi connectivity index (χ4n) is 3.40. The van der Waals surface area contributed by atoms with Gasteiger partial charge in [-0.25, -0.2) is 0 Å². The number of benzene rings is 3. The van der Waals surface area contributed by atoms with Crippen LogP contribution in [0.4, 0.5) is 0 Å². The topological polar surface area (TPSA) is 81.9 Å². The van der Waals surface area contributed by atoms with Gasteiger partial charge in [-0.15, -0.1) is 0 Å². The van der Waals surface area contributed by atoms with Crippen LogP contribution in [-0.4, -0.2) is 43.5 Å². The van der Waals surface area contributed by atoms with Crippen LogP contribution in [0.2, 0.25) is 0 Å². The summed E-state index contributed by atoms with van der Waals surface area (Å²) in [7, 11) is 1.57. The van der Waals surface area contributed by atoms with Crippen molar-refractivity contribution < 1.29 is 19.1 Å². The second-order valence-electron chi connectivity index (χ2n) is 7.46. The van der Waals surface area contributed by atoms with E-state index in [1.165, 1.54) is 6.07 Å². The largest absolute Gasteiger partial charge is 0.490 e. The molecule has 0 aliphatic carbocycles. The van der Waals surface area contributed by atoms with Crippen molar-refractivity contribution in [1.29, 1.82) is 0 Å². The van der Waals surface area contributed by atoms with E-state index in [2.05, 4.69) is 4.90 Å². The predicted molar refractivity (Wildman–Crippen MR) is 124 cm³/mol. The van der Waals surface area contributed by atoms with Crippen LogP contribution in [0.1, 0.15) is 31.8 Å². The van der Waals surface area contributed by atoms with E-state index >= 15 is 0 Å². The van der Waals surface area contributed by atoms with E-state index in [-0.39, 0.29) is 24.5 Å². The number of nitrogens with two attached hydrogens (primary N) is 1. The maximum atomic E-state index is 13.1. The molecule has 3 aromatic rings. The molecule has 0 radical (unpaired) electrons. The molecule has 166 valence electrons. The molecule has 32 heavy (non-hydrogen) atoms. The van der Waals surface area contributed by atoms with Gasteiger partial charge >= 0.3 is 0 Å². The van der Waals surface area contributed by atoms with E-state index in [0.29, 0.717) is 31.0 Å². The lowest BCUT2D eigenvalue weighted by Crippen LogP contribution is -2.29. The van der Waals surface area contributed by atoms with Gasteiger partial charge in [-0.2, -0.15) is 0 Å². The molecule has 0 atom stereocenters. The molecule has 0 fully saturated rings. The predicted octanol–water partition coefficient (Wildman–Crippen LogP) is 3.70. The summed E-state index contributed by atoms with van der Waals surface area (Å²) in [6.07, 6.45) is 0. The smallest absolute Gasteiger partial charge is 0.252 e. The van der Waals surface area contributed by atoms with Crippen molar-refractivity contribution in [2.75, 3.05) is 26.9 Å². The normalized spacial score (nSPS) is 10.8. The molecule has 0 aromatic heterocycles. The molecule has 3 rings (SSSR count). The Morgan fingerprint density at radius 1 is 0.844 bits per heavy atom. The van der Waals surface area contributed by atoms with Gasteiger partial charge in [0.2, 0.25) is 0 Å². The van der Waals surface area contributed by atoms with Gasteiger partial charge in [0.15, 0.2) is 5.78 Å². The average Bonchev–Trinajstić information content (AvgIpc) is 2.80. The fraction of sp³-hybridized carbons (Fsp3) is 0.231. The lowest BCUT2D eigenvalue weighted by atomic mass is 10.0. The molecule has 0 aliphatic heterocycles. The average molecular weight is 433 g/mol. The van der Waals surface area contributed by atoms with E-state index in [0.717, 1.165) is 11.1 Å². The number of hydrogen-bond donors (Lipinski definition) is 1. The van der Waals surface area contributed by atoms with Crippen LogP contribution >= 0.6 is 0 Å². The Morgan fingerprint density at radius 3 is 1.97 bits per heavy atom. The number of primary amides is 1. The van der Waals surface area contributed by atoms with Crippen molar-refractivity contribution in [2.24, 2.45) is 5.73 Å². The van der Waals surface area contributed by atoms with E-state index in [1.54, 1.807) is 19.2 Å². The lowest BCUT2D eigenvalue weighted by Gasteiger charge is -2.22.